The van der Waals surface area contributed by atoms with Crippen LogP contribution < -0.4 is 0 Å². The van der Waals surface area contributed by atoms with Crippen LogP contribution >= 0.6 is 0 Å². The predicted octanol–water partition coefficient (Wildman–Crippen LogP) is 3.13. The molecule has 3 fully saturated rings. The minimum Gasteiger partial charge on any atom is -0.393 e. The average molecular weight is 238 g/mol. The van der Waals surface area contributed by atoms with E-state index in [-0.39, 0.29) is 11.7 Å². The van der Waals surface area contributed by atoms with E-state index in [1.165, 1.54) is 38.5 Å². The number of aliphatic hydroxyl groups is 1. The Morgan fingerprint density at radius 1 is 1.18 bits per heavy atom. The van der Waals surface area contributed by atoms with Crippen molar-refractivity contribution < 1.29 is 9.84 Å². The van der Waals surface area contributed by atoms with Crippen LogP contribution in [0, 0.1) is 17.8 Å². The van der Waals surface area contributed by atoms with E-state index >= 15 is 0 Å². The molecule has 0 aromatic rings. The molecule has 2 heteroatoms. The number of rotatable bonds is 2. The molecule has 0 bridgehead atoms. The monoisotopic (exact) mass is 238 g/mol. The second kappa shape index (κ2) is 4.55. The van der Waals surface area contributed by atoms with E-state index in [2.05, 4.69) is 6.92 Å². The SMILES string of the molecule is CC1CCC(C(O)C2CCOC3(CCC3)C2)C1. The molecule has 2 aliphatic carbocycles. The Morgan fingerprint density at radius 3 is 2.59 bits per heavy atom. The maximum atomic E-state index is 10.6. The fraction of sp³-hybridized carbons (Fsp3) is 1.00. The average Bonchev–Trinajstić information content (AvgIpc) is 2.73. The zero-order valence-electron chi connectivity index (χ0n) is 11.0. The van der Waals surface area contributed by atoms with Crippen molar-refractivity contribution in [1.29, 1.82) is 0 Å². The van der Waals surface area contributed by atoms with Gasteiger partial charge in [-0.3, -0.25) is 0 Å². The van der Waals surface area contributed by atoms with Gasteiger partial charge in [0.05, 0.1) is 11.7 Å². The van der Waals surface area contributed by atoms with Crippen LogP contribution in [-0.2, 0) is 4.74 Å². The first-order chi connectivity index (χ1) is 8.19. The molecule has 0 aromatic heterocycles. The van der Waals surface area contributed by atoms with E-state index in [1.807, 2.05) is 0 Å². The van der Waals surface area contributed by atoms with Gasteiger partial charge >= 0.3 is 0 Å². The molecular weight excluding hydrogens is 212 g/mol. The summed E-state index contributed by atoms with van der Waals surface area (Å²) in [5.41, 5.74) is 0.189. The summed E-state index contributed by atoms with van der Waals surface area (Å²) in [6, 6.07) is 0. The van der Waals surface area contributed by atoms with Gasteiger partial charge in [0.25, 0.3) is 0 Å². The minimum atomic E-state index is -0.0543. The van der Waals surface area contributed by atoms with Crippen LogP contribution in [0.4, 0.5) is 0 Å². The summed E-state index contributed by atoms with van der Waals surface area (Å²) in [4.78, 5) is 0. The highest BCUT2D eigenvalue weighted by Crippen LogP contribution is 2.47. The maximum Gasteiger partial charge on any atom is 0.0686 e. The van der Waals surface area contributed by atoms with Gasteiger partial charge in [0.1, 0.15) is 0 Å². The minimum absolute atomic E-state index is 0.0543. The Kier molecular flexibility index (Phi) is 3.20. The summed E-state index contributed by atoms with van der Waals surface area (Å²) < 4.78 is 5.95. The molecule has 4 atom stereocenters. The van der Waals surface area contributed by atoms with Crippen LogP contribution in [0.5, 0.6) is 0 Å². The Hall–Kier alpha value is -0.0800. The van der Waals surface area contributed by atoms with Crippen molar-refractivity contribution in [3.8, 4) is 0 Å². The third kappa shape index (κ3) is 2.26. The van der Waals surface area contributed by atoms with Gasteiger partial charge in [0.2, 0.25) is 0 Å². The molecule has 3 aliphatic rings. The Labute approximate surface area is 105 Å². The Balaban J connectivity index is 1.59. The molecule has 2 nitrogen and oxygen atoms in total. The van der Waals surface area contributed by atoms with E-state index < -0.39 is 0 Å². The molecule has 1 N–H and O–H groups in total. The van der Waals surface area contributed by atoms with Gasteiger partial charge in [-0.15, -0.1) is 0 Å². The fourth-order valence-corrected chi connectivity index (χ4v) is 4.22. The highest BCUT2D eigenvalue weighted by atomic mass is 16.5. The fourth-order valence-electron chi connectivity index (χ4n) is 4.22. The van der Waals surface area contributed by atoms with Gasteiger partial charge in [0.15, 0.2) is 0 Å². The van der Waals surface area contributed by atoms with Crippen molar-refractivity contribution in [2.45, 2.75) is 70.0 Å². The van der Waals surface area contributed by atoms with Gasteiger partial charge in [-0.1, -0.05) is 13.3 Å². The largest absolute Gasteiger partial charge is 0.393 e. The van der Waals surface area contributed by atoms with Crippen LogP contribution in [0.2, 0.25) is 0 Å². The topological polar surface area (TPSA) is 29.5 Å². The van der Waals surface area contributed by atoms with Crippen molar-refractivity contribution in [2.75, 3.05) is 6.61 Å². The number of hydrogen-bond donors (Lipinski definition) is 1. The van der Waals surface area contributed by atoms with Crippen LogP contribution in [0.1, 0.15) is 58.3 Å². The molecular formula is C15H26O2. The van der Waals surface area contributed by atoms with Crippen molar-refractivity contribution in [3.63, 3.8) is 0 Å². The van der Waals surface area contributed by atoms with E-state index in [1.54, 1.807) is 0 Å². The molecule has 4 unspecified atom stereocenters. The molecule has 1 heterocycles. The molecule has 0 radical (unpaired) electrons. The first kappa shape index (κ1) is 12.0. The number of hydrogen-bond acceptors (Lipinski definition) is 2. The summed E-state index contributed by atoms with van der Waals surface area (Å²) in [5.74, 6) is 1.91. The zero-order chi connectivity index (χ0) is 11.9. The summed E-state index contributed by atoms with van der Waals surface area (Å²) in [6.07, 6.45) is 9.74. The molecule has 1 spiro atoms. The molecule has 0 amide bonds. The van der Waals surface area contributed by atoms with Crippen LogP contribution in [0.25, 0.3) is 0 Å². The quantitative estimate of drug-likeness (QED) is 0.801. The number of aliphatic hydroxyl groups excluding tert-OH is 1. The molecule has 98 valence electrons. The van der Waals surface area contributed by atoms with E-state index in [9.17, 15) is 5.11 Å². The highest BCUT2D eigenvalue weighted by Gasteiger charge is 2.45. The summed E-state index contributed by atoms with van der Waals surface area (Å²) in [7, 11) is 0. The smallest absolute Gasteiger partial charge is 0.0686 e. The summed E-state index contributed by atoms with van der Waals surface area (Å²) in [5, 5.41) is 10.6. The summed E-state index contributed by atoms with van der Waals surface area (Å²) >= 11 is 0. The first-order valence-corrected chi connectivity index (χ1v) is 7.51. The number of ether oxygens (including phenoxy) is 1. The lowest BCUT2D eigenvalue weighted by Crippen LogP contribution is -2.48. The molecule has 1 aliphatic heterocycles. The van der Waals surface area contributed by atoms with E-state index in [0.717, 1.165) is 25.4 Å². The van der Waals surface area contributed by atoms with Crippen LogP contribution in [0.15, 0.2) is 0 Å². The van der Waals surface area contributed by atoms with E-state index in [4.69, 9.17) is 4.74 Å². The second-order valence-electron chi connectivity index (χ2n) is 6.81. The van der Waals surface area contributed by atoms with Crippen LogP contribution in [0.3, 0.4) is 0 Å². The van der Waals surface area contributed by atoms with Crippen LogP contribution in [-0.4, -0.2) is 23.4 Å². The lowest BCUT2D eigenvalue weighted by Gasteiger charge is -2.48. The molecule has 2 saturated carbocycles. The Morgan fingerprint density at radius 2 is 2.00 bits per heavy atom. The van der Waals surface area contributed by atoms with Gasteiger partial charge in [-0.25, -0.2) is 0 Å². The second-order valence-corrected chi connectivity index (χ2v) is 6.81. The van der Waals surface area contributed by atoms with Gasteiger partial charge in [-0.2, -0.15) is 0 Å². The standard InChI is InChI=1S/C15H26O2/c1-11-3-4-12(9-11)14(16)13-5-8-17-15(10-13)6-2-7-15/h11-14,16H,2-10H2,1H3. The molecule has 17 heavy (non-hydrogen) atoms. The van der Waals surface area contributed by atoms with Crippen molar-refractivity contribution in [2.24, 2.45) is 17.8 Å². The lowest BCUT2D eigenvalue weighted by molar-refractivity contribution is -0.161. The lowest BCUT2D eigenvalue weighted by atomic mass is 9.69. The third-order valence-corrected chi connectivity index (χ3v) is 5.50. The van der Waals surface area contributed by atoms with Gasteiger partial charge < -0.3 is 9.84 Å². The third-order valence-electron chi connectivity index (χ3n) is 5.50. The normalized spacial score (nSPS) is 42.4. The predicted molar refractivity (Wildman–Crippen MR) is 67.8 cm³/mol. The molecule has 0 aromatic carbocycles. The molecule has 1 saturated heterocycles. The first-order valence-electron chi connectivity index (χ1n) is 7.51. The van der Waals surface area contributed by atoms with Crippen molar-refractivity contribution >= 4 is 0 Å². The summed E-state index contributed by atoms with van der Waals surface area (Å²) in [6.45, 7) is 3.20. The zero-order valence-corrected chi connectivity index (χ0v) is 11.0. The van der Waals surface area contributed by atoms with Crippen molar-refractivity contribution in [3.05, 3.63) is 0 Å². The maximum absolute atomic E-state index is 10.6. The molecule has 3 rings (SSSR count). The van der Waals surface area contributed by atoms with Crippen molar-refractivity contribution in [1.82, 2.24) is 0 Å². The van der Waals surface area contributed by atoms with E-state index in [0.29, 0.717) is 11.8 Å². The van der Waals surface area contributed by atoms with Gasteiger partial charge in [0, 0.05) is 6.61 Å². The van der Waals surface area contributed by atoms with Gasteiger partial charge in [-0.05, 0) is 62.7 Å². The highest BCUT2D eigenvalue weighted by molar-refractivity contribution is 4.96. The Bertz CT molecular complexity index is 272.